The van der Waals surface area contributed by atoms with E-state index in [0.29, 0.717) is 13.0 Å². The van der Waals surface area contributed by atoms with Crippen molar-refractivity contribution in [3.05, 3.63) is 36.3 Å². The molecule has 6 nitrogen and oxygen atoms in total. The number of aromatic nitrogens is 1. The highest BCUT2D eigenvalue weighted by Crippen LogP contribution is 2.23. The van der Waals surface area contributed by atoms with Crippen LogP contribution >= 0.6 is 0 Å². The number of amides is 1. The fraction of sp³-hybridized carbons (Fsp3) is 0.333. The Kier molecular flexibility index (Phi) is 5.27. The van der Waals surface area contributed by atoms with E-state index in [1.807, 2.05) is 4.72 Å². The Bertz CT molecular complexity index is 823. The molecule has 0 aliphatic carbocycles. The number of benzene rings is 1. The molecule has 2 rings (SSSR count). The summed E-state index contributed by atoms with van der Waals surface area (Å²) in [5.74, 6) is -1.79. The molecule has 0 aliphatic heterocycles. The van der Waals surface area contributed by atoms with Gasteiger partial charge in [0, 0.05) is 31.2 Å². The molecule has 0 radical (unpaired) electrons. The third kappa shape index (κ3) is 3.83. The van der Waals surface area contributed by atoms with Gasteiger partial charge in [0.2, 0.25) is 5.91 Å². The van der Waals surface area contributed by atoms with Gasteiger partial charge in [-0.1, -0.05) is 6.92 Å². The van der Waals surface area contributed by atoms with Crippen LogP contribution in [-0.4, -0.2) is 33.0 Å². The Morgan fingerprint density at radius 1 is 1.39 bits per heavy atom. The molecule has 124 valence electrons. The van der Waals surface area contributed by atoms with Crippen LogP contribution in [0.4, 0.5) is 4.39 Å². The maximum Gasteiger partial charge on any atom is 0.264 e. The second-order valence-electron chi connectivity index (χ2n) is 5.10. The van der Waals surface area contributed by atoms with E-state index >= 15 is 0 Å². The Labute approximate surface area is 133 Å². The second-order valence-corrected chi connectivity index (χ2v) is 6.75. The topological polar surface area (TPSA) is 85.4 Å². The molecule has 1 aromatic carbocycles. The number of halogens is 1. The molecule has 0 bridgehead atoms. The van der Waals surface area contributed by atoms with Crippen molar-refractivity contribution >= 4 is 26.8 Å². The van der Waals surface area contributed by atoms with Crippen LogP contribution in [0.2, 0.25) is 0 Å². The molecule has 8 heteroatoms. The minimum absolute atomic E-state index is 0.0599. The summed E-state index contributed by atoms with van der Waals surface area (Å²) in [6.07, 6.45) is 1.76. The standard InChI is InChI=1S/C15H17FN2O4S/c1-10(7-9-22-2)15(19)18-23(20,21)13-6-5-12(16)14-11(13)4-3-8-17-14/h3-6,8,10H,7,9H2,1-2H3,(H,18,19)/t10-/m1/s1. The highest BCUT2D eigenvalue weighted by atomic mass is 32.2. The molecule has 1 amide bonds. The lowest BCUT2D eigenvalue weighted by molar-refractivity contribution is -0.123. The predicted octanol–water partition coefficient (Wildman–Crippen LogP) is 1.85. The number of fused-ring (bicyclic) bond motifs is 1. The molecular formula is C15H17FN2O4S. The largest absolute Gasteiger partial charge is 0.385 e. The molecule has 0 saturated heterocycles. The van der Waals surface area contributed by atoms with E-state index in [1.165, 1.54) is 25.4 Å². The van der Waals surface area contributed by atoms with Gasteiger partial charge in [-0.05, 0) is 30.7 Å². The summed E-state index contributed by atoms with van der Waals surface area (Å²) in [6.45, 7) is 1.95. The fourth-order valence-corrected chi connectivity index (χ4v) is 3.34. The van der Waals surface area contributed by atoms with Gasteiger partial charge in [0.15, 0.2) is 0 Å². The van der Waals surface area contributed by atoms with Crippen LogP contribution in [0.1, 0.15) is 13.3 Å². The molecule has 1 aromatic heterocycles. The van der Waals surface area contributed by atoms with Gasteiger partial charge in [0.05, 0.1) is 4.90 Å². The molecule has 0 aliphatic rings. The van der Waals surface area contributed by atoms with Gasteiger partial charge in [-0.3, -0.25) is 9.78 Å². The lowest BCUT2D eigenvalue weighted by Crippen LogP contribution is -2.35. The average molecular weight is 340 g/mol. The monoisotopic (exact) mass is 340 g/mol. The zero-order chi connectivity index (χ0) is 17.0. The van der Waals surface area contributed by atoms with E-state index in [-0.39, 0.29) is 15.8 Å². The van der Waals surface area contributed by atoms with Crippen molar-refractivity contribution < 1.29 is 22.3 Å². The van der Waals surface area contributed by atoms with E-state index < -0.39 is 27.7 Å². The van der Waals surface area contributed by atoms with Crippen molar-refractivity contribution in [3.63, 3.8) is 0 Å². The molecule has 0 fully saturated rings. The summed E-state index contributed by atoms with van der Waals surface area (Å²) in [7, 11) is -2.62. The summed E-state index contributed by atoms with van der Waals surface area (Å²) in [6, 6.07) is 5.08. The lowest BCUT2D eigenvalue weighted by Gasteiger charge is -2.13. The second kappa shape index (κ2) is 7.01. The third-order valence-corrected chi connectivity index (χ3v) is 4.81. The zero-order valence-corrected chi connectivity index (χ0v) is 13.6. The first-order chi connectivity index (χ1) is 10.9. The van der Waals surface area contributed by atoms with Crippen LogP contribution in [0.25, 0.3) is 10.9 Å². The van der Waals surface area contributed by atoms with Crippen molar-refractivity contribution in [2.75, 3.05) is 13.7 Å². The highest BCUT2D eigenvalue weighted by molar-refractivity contribution is 7.90. The lowest BCUT2D eigenvalue weighted by atomic mass is 10.1. The van der Waals surface area contributed by atoms with Gasteiger partial charge in [-0.15, -0.1) is 0 Å². The van der Waals surface area contributed by atoms with Gasteiger partial charge in [0.1, 0.15) is 11.3 Å². The predicted molar refractivity (Wildman–Crippen MR) is 82.7 cm³/mol. The van der Waals surface area contributed by atoms with Crippen LogP contribution in [0.3, 0.4) is 0 Å². The van der Waals surface area contributed by atoms with Crippen LogP contribution in [0.15, 0.2) is 35.4 Å². The van der Waals surface area contributed by atoms with Crippen molar-refractivity contribution in [2.24, 2.45) is 5.92 Å². The fourth-order valence-electron chi connectivity index (χ4n) is 2.06. The van der Waals surface area contributed by atoms with Crippen LogP contribution < -0.4 is 4.72 Å². The molecule has 1 atom stereocenters. The third-order valence-electron chi connectivity index (χ3n) is 3.41. The minimum atomic E-state index is -4.12. The number of nitrogens with zero attached hydrogens (tertiary/aromatic N) is 1. The highest BCUT2D eigenvalue weighted by Gasteiger charge is 2.24. The van der Waals surface area contributed by atoms with Crippen molar-refractivity contribution in [2.45, 2.75) is 18.2 Å². The van der Waals surface area contributed by atoms with E-state index in [9.17, 15) is 17.6 Å². The van der Waals surface area contributed by atoms with Gasteiger partial charge in [0.25, 0.3) is 10.0 Å². The summed E-state index contributed by atoms with van der Waals surface area (Å²) in [5.41, 5.74) is -0.0599. The number of carbonyl (C=O) groups excluding carboxylic acids is 1. The number of pyridine rings is 1. The number of carbonyl (C=O) groups is 1. The molecule has 0 spiro atoms. The average Bonchev–Trinajstić information content (AvgIpc) is 2.52. The molecule has 0 saturated carbocycles. The number of sulfonamides is 1. The van der Waals surface area contributed by atoms with Crippen molar-refractivity contribution in [1.82, 2.24) is 9.71 Å². The van der Waals surface area contributed by atoms with Gasteiger partial charge >= 0.3 is 0 Å². The summed E-state index contributed by atoms with van der Waals surface area (Å²) >= 11 is 0. The maximum atomic E-state index is 13.7. The normalized spacial score (nSPS) is 13.0. The number of hydrogen-bond donors (Lipinski definition) is 1. The van der Waals surface area contributed by atoms with Gasteiger partial charge in [-0.2, -0.15) is 0 Å². The van der Waals surface area contributed by atoms with Crippen molar-refractivity contribution in [1.29, 1.82) is 0 Å². The SMILES string of the molecule is COCC[C@@H](C)C(=O)NS(=O)(=O)c1ccc(F)c2ncccc12. The number of methoxy groups -OCH3 is 1. The Morgan fingerprint density at radius 2 is 2.13 bits per heavy atom. The Balaban J connectivity index is 2.34. The van der Waals surface area contributed by atoms with Crippen molar-refractivity contribution in [3.8, 4) is 0 Å². The Hall–Kier alpha value is -2.06. The zero-order valence-electron chi connectivity index (χ0n) is 12.7. The summed E-state index contributed by atoms with van der Waals surface area (Å²) < 4.78 is 45.5. The first-order valence-corrected chi connectivity index (χ1v) is 8.44. The number of hydrogen-bond acceptors (Lipinski definition) is 5. The van der Waals surface area contributed by atoms with E-state index in [0.717, 1.165) is 12.1 Å². The molecule has 23 heavy (non-hydrogen) atoms. The smallest absolute Gasteiger partial charge is 0.264 e. The minimum Gasteiger partial charge on any atom is -0.385 e. The van der Waals surface area contributed by atoms with Crippen LogP contribution in [-0.2, 0) is 19.6 Å². The summed E-state index contributed by atoms with van der Waals surface area (Å²) in [4.78, 5) is 15.7. The number of nitrogens with one attached hydrogen (secondary N) is 1. The molecule has 1 heterocycles. The number of rotatable bonds is 6. The van der Waals surface area contributed by atoms with E-state index in [2.05, 4.69) is 4.98 Å². The number of ether oxygens (including phenoxy) is 1. The molecule has 2 aromatic rings. The Morgan fingerprint density at radius 3 is 2.83 bits per heavy atom. The molecule has 1 N–H and O–H groups in total. The maximum absolute atomic E-state index is 13.7. The summed E-state index contributed by atoms with van der Waals surface area (Å²) in [5, 5.41) is 0.123. The van der Waals surface area contributed by atoms with E-state index in [1.54, 1.807) is 6.92 Å². The van der Waals surface area contributed by atoms with Crippen LogP contribution in [0, 0.1) is 11.7 Å². The van der Waals surface area contributed by atoms with Gasteiger partial charge in [-0.25, -0.2) is 17.5 Å². The quantitative estimate of drug-likeness (QED) is 0.867. The van der Waals surface area contributed by atoms with E-state index in [4.69, 9.17) is 4.74 Å². The van der Waals surface area contributed by atoms with Gasteiger partial charge < -0.3 is 4.74 Å². The molecule has 0 unspecified atom stereocenters. The van der Waals surface area contributed by atoms with Crippen LogP contribution in [0.5, 0.6) is 0 Å². The first kappa shape index (κ1) is 17.3. The first-order valence-electron chi connectivity index (χ1n) is 6.95. The molecular weight excluding hydrogens is 323 g/mol.